The third-order valence-corrected chi connectivity index (χ3v) is 7.16. The molecule has 0 spiro atoms. The van der Waals surface area contributed by atoms with Gasteiger partial charge in [0, 0.05) is 5.92 Å². The van der Waals surface area contributed by atoms with Gasteiger partial charge in [0.05, 0.1) is 5.92 Å². The number of alkyl halides is 4. The van der Waals surface area contributed by atoms with Crippen molar-refractivity contribution >= 4 is 15.9 Å². The van der Waals surface area contributed by atoms with Crippen LogP contribution in [0.4, 0.5) is 17.6 Å². The van der Waals surface area contributed by atoms with Crippen molar-refractivity contribution in [3.63, 3.8) is 0 Å². The Labute approximate surface area is 137 Å². The van der Waals surface area contributed by atoms with Gasteiger partial charge in [-0.25, -0.2) is 0 Å². The minimum Gasteiger partial charge on any atom is -0.299 e. The molecular weight excluding hydrogens is 352 g/mol. The maximum atomic E-state index is 14.0. The van der Waals surface area contributed by atoms with Gasteiger partial charge in [-0.15, -0.1) is 0 Å². The molecule has 0 radical (unpaired) electrons. The molecule has 0 heterocycles. The summed E-state index contributed by atoms with van der Waals surface area (Å²) in [5.74, 6) is -8.55. The van der Waals surface area contributed by atoms with Crippen LogP contribution in [0, 0.1) is 35.5 Å². The largest absolute Gasteiger partial charge is 0.432 e. The predicted molar refractivity (Wildman–Crippen MR) is 76.1 cm³/mol. The lowest BCUT2D eigenvalue weighted by Crippen LogP contribution is -2.56. The number of carbonyl (C=O) groups excluding carboxylic acids is 1. The van der Waals surface area contributed by atoms with Crippen LogP contribution in [-0.4, -0.2) is 29.9 Å². The Morgan fingerprint density at radius 3 is 1.79 bits per heavy atom. The number of hydrogen-bond acceptors (Lipinski definition) is 3. The minimum atomic E-state index is -6.33. The van der Waals surface area contributed by atoms with E-state index < -0.39 is 38.9 Å². The second kappa shape index (κ2) is 5.40. The maximum absolute atomic E-state index is 14.0. The first-order valence-electron chi connectivity index (χ1n) is 8.12. The van der Waals surface area contributed by atoms with Gasteiger partial charge < -0.3 is 0 Å². The number of halogens is 4. The highest BCUT2D eigenvalue weighted by atomic mass is 32.2. The summed E-state index contributed by atoms with van der Waals surface area (Å²) in [5, 5.41) is -5.69. The molecule has 1 atom stereocenters. The van der Waals surface area contributed by atoms with Gasteiger partial charge in [-0.1, -0.05) is 0 Å². The fourth-order valence-corrected chi connectivity index (χ4v) is 5.80. The van der Waals surface area contributed by atoms with Crippen LogP contribution in [0.3, 0.4) is 0 Å². The normalized spacial score (nSPS) is 37.5. The molecule has 4 aliphatic rings. The van der Waals surface area contributed by atoms with E-state index in [-0.39, 0.29) is 11.8 Å². The van der Waals surface area contributed by atoms with Crippen LogP contribution in [0.25, 0.3) is 0 Å². The molecule has 0 aliphatic heterocycles. The van der Waals surface area contributed by atoms with Gasteiger partial charge in [-0.05, 0) is 62.7 Å². The Morgan fingerprint density at radius 1 is 1.00 bits per heavy atom. The minimum absolute atomic E-state index is 0.0774. The summed E-state index contributed by atoms with van der Waals surface area (Å²) in [6, 6.07) is 0. The highest BCUT2D eigenvalue weighted by molar-refractivity contribution is 7.87. The molecule has 4 aliphatic carbocycles. The van der Waals surface area contributed by atoms with E-state index in [2.05, 4.69) is 0 Å². The fraction of sp³-hybridized carbons (Fsp3) is 0.933. The van der Waals surface area contributed by atoms with Crippen molar-refractivity contribution in [1.29, 1.82) is 0 Å². The molecule has 0 amide bonds. The van der Waals surface area contributed by atoms with Crippen molar-refractivity contribution in [1.82, 2.24) is 0 Å². The SMILES string of the molecule is CC(C(=O)C1C2CC3CC(C2)CC1C3)C(F)(F)C(F)(F)S(=O)(=O)O. The second-order valence-corrected chi connectivity index (χ2v) is 9.16. The number of carbonyl (C=O) groups is 1. The third kappa shape index (κ3) is 2.50. The van der Waals surface area contributed by atoms with E-state index in [0.29, 0.717) is 18.8 Å². The molecule has 0 saturated heterocycles. The van der Waals surface area contributed by atoms with E-state index in [9.17, 15) is 30.8 Å². The van der Waals surface area contributed by atoms with Crippen LogP contribution in [0.2, 0.25) is 0 Å². The average molecular weight is 372 g/mol. The van der Waals surface area contributed by atoms with E-state index in [1.54, 1.807) is 0 Å². The lowest BCUT2D eigenvalue weighted by atomic mass is 9.50. The molecule has 138 valence electrons. The quantitative estimate of drug-likeness (QED) is 0.593. The molecule has 1 unspecified atom stereocenters. The smallest absolute Gasteiger partial charge is 0.299 e. The first kappa shape index (κ1) is 18.1. The molecule has 4 saturated carbocycles. The van der Waals surface area contributed by atoms with Crippen LogP contribution in [-0.2, 0) is 14.9 Å². The monoisotopic (exact) mass is 372 g/mol. The maximum Gasteiger partial charge on any atom is 0.432 e. The topological polar surface area (TPSA) is 71.4 Å². The summed E-state index contributed by atoms with van der Waals surface area (Å²) in [5.41, 5.74) is 0. The predicted octanol–water partition coefficient (Wildman–Crippen LogP) is 3.38. The van der Waals surface area contributed by atoms with Gasteiger partial charge >= 0.3 is 21.3 Å². The highest BCUT2D eigenvalue weighted by Gasteiger charge is 2.70. The van der Waals surface area contributed by atoms with Crippen LogP contribution in [0.15, 0.2) is 0 Å². The number of Topliss-reactive ketones (excluding diaryl/α,β-unsaturated/α-hetero) is 1. The van der Waals surface area contributed by atoms with Crippen LogP contribution < -0.4 is 0 Å². The average Bonchev–Trinajstić information content (AvgIpc) is 2.43. The molecule has 1 N–H and O–H groups in total. The molecule has 0 aromatic heterocycles. The summed E-state index contributed by atoms with van der Waals surface area (Å²) in [4.78, 5) is 12.6. The molecule has 4 rings (SSSR count). The van der Waals surface area contributed by atoms with E-state index >= 15 is 0 Å². The summed E-state index contributed by atoms with van der Waals surface area (Å²) in [7, 11) is -6.33. The fourth-order valence-electron chi connectivity index (χ4n) is 5.28. The van der Waals surface area contributed by atoms with Crippen molar-refractivity contribution in [2.75, 3.05) is 0 Å². The van der Waals surface area contributed by atoms with Crippen LogP contribution >= 0.6 is 0 Å². The Morgan fingerprint density at radius 2 is 1.42 bits per heavy atom. The van der Waals surface area contributed by atoms with Crippen LogP contribution in [0.1, 0.15) is 39.0 Å². The molecular formula is C15H20F4O4S. The van der Waals surface area contributed by atoms with E-state index in [1.165, 1.54) is 0 Å². The second-order valence-electron chi connectivity index (χ2n) is 7.70. The Kier molecular flexibility index (Phi) is 4.07. The van der Waals surface area contributed by atoms with Gasteiger partial charge in [0.2, 0.25) is 0 Å². The molecule has 24 heavy (non-hydrogen) atoms. The van der Waals surface area contributed by atoms with Gasteiger partial charge in [-0.2, -0.15) is 26.0 Å². The number of ketones is 1. The van der Waals surface area contributed by atoms with E-state index in [0.717, 1.165) is 32.1 Å². The zero-order valence-electron chi connectivity index (χ0n) is 13.1. The Balaban J connectivity index is 1.85. The first-order valence-corrected chi connectivity index (χ1v) is 9.56. The molecule has 9 heteroatoms. The highest BCUT2D eigenvalue weighted by Crippen LogP contribution is 2.58. The molecule has 0 aromatic carbocycles. The molecule has 4 fully saturated rings. The Hall–Kier alpha value is -0.700. The first-order chi connectivity index (χ1) is 10.9. The molecule has 4 bridgehead atoms. The summed E-state index contributed by atoms with van der Waals surface area (Å²) < 4.78 is 84.9. The van der Waals surface area contributed by atoms with Gasteiger partial charge in [0.15, 0.2) is 0 Å². The lowest BCUT2D eigenvalue weighted by molar-refractivity contribution is -0.197. The zero-order valence-corrected chi connectivity index (χ0v) is 13.9. The summed E-state index contributed by atoms with van der Waals surface area (Å²) >= 11 is 0. The van der Waals surface area contributed by atoms with Gasteiger partial charge in [0.1, 0.15) is 5.78 Å². The van der Waals surface area contributed by atoms with Gasteiger partial charge in [0.25, 0.3) is 0 Å². The van der Waals surface area contributed by atoms with Crippen molar-refractivity contribution < 1.29 is 35.3 Å². The summed E-state index contributed by atoms with van der Waals surface area (Å²) in [6.45, 7) is 0.631. The van der Waals surface area contributed by atoms with Crippen molar-refractivity contribution in [2.45, 2.75) is 50.2 Å². The standard InChI is InChI=1S/C15H20F4O4S/c1-7(14(16,17)15(18,19)24(21,22)23)13(20)12-10-3-8-2-9(5-10)6-11(12)4-8/h7-12H,2-6H2,1H3,(H,21,22,23). The molecule has 4 nitrogen and oxygen atoms in total. The Bertz CT molecular complexity index is 618. The van der Waals surface area contributed by atoms with E-state index in [1.807, 2.05) is 0 Å². The summed E-state index contributed by atoms with van der Waals surface area (Å²) in [6.07, 6.45) is 4.07. The van der Waals surface area contributed by atoms with Crippen molar-refractivity contribution in [3.8, 4) is 0 Å². The molecule has 0 aromatic rings. The van der Waals surface area contributed by atoms with Crippen molar-refractivity contribution in [3.05, 3.63) is 0 Å². The number of hydrogen-bond donors (Lipinski definition) is 1. The van der Waals surface area contributed by atoms with Gasteiger partial charge in [-0.3, -0.25) is 9.35 Å². The van der Waals surface area contributed by atoms with Crippen molar-refractivity contribution in [2.24, 2.45) is 35.5 Å². The lowest BCUT2D eigenvalue weighted by Gasteiger charge is -2.54. The zero-order chi connectivity index (χ0) is 18.1. The van der Waals surface area contributed by atoms with Crippen LogP contribution in [0.5, 0.6) is 0 Å². The van der Waals surface area contributed by atoms with E-state index in [4.69, 9.17) is 4.55 Å². The number of rotatable bonds is 5. The third-order valence-electron chi connectivity index (χ3n) is 6.24.